The number of rotatable bonds is 10. The highest BCUT2D eigenvalue weighted by Crippen LogP contribution is 2.37. The Morgan fingerprint density at radius 1 is 0.927 bits per heavy atom. The van der Waals surface area contributed by atoms with Crippen molar-refractivity contribution in [3.05, 3.63) is 60.3 Å². The van der Waals surface area contributed by atoms with E-state index in [0.717, 1.165) is 75.3 Å². The van der Waals surface area contributed by atoms with Crippen molar-refractivity contribution in [3.63, 3.8) is 0 Å². The lowest BCUT2D eigenvalue weighted by atomic mass is 9.79. The van der Waals surface area contributed by atoms with Gasteiger partial charge in [-0.25, -0.2) is 19.4 Å². The van der Waals surface area contributed by atoms with E-state index in [9.17, 15) is 20.1 Å². The highest BCUT2D eigenvalue weighted by Gasteiger charge is 2.28. The van der Waals surface area contributed by atoms with Crippen LogP contribution in [-0.4, -0.2) is 107 Å². The molecule has 0 unspecified atom stereocenters. The van der Waals surface area contributed by atoms with E-state index in [1.54, 1.807) is 40.8 Å². The number of hydrogen-bond donors (Lipinski definition) is 2. The lowest BCUT2D eigenvalue weighted by Gasteiger charge is -2.36. The van der Waals surface area contributed by atoms with Gasteiger partial charge < -0.3 is 10.2 Å². The fourth-order valence-electron chi connectivity index (χ4n) is 7.57. The van der Waals surface area contributed by atoms with E-state index < -0.39 is 12.1 Å². The van der Waals surface area contributed by atoms with E-state index in [-0.39, 0.29) is 12.3 Å². The maximum absolute atomic E-state index is 12.1. The van der Waals surface area contributed by atoms with Crippen LogP contribution in [0.25, 0.3) is 22.5 Å². The molecular formula is C37H40N16O2. The number of nitriles is 2. The molecule has 0 radical (unpaired) electrons. The van der Waals surface area contributed by atoms with E-state index in [2.05, 4.69) is 68.1 Å². The van der Waals surface area contributed by atoms with Crippen molar-refractivity contribution < 1.29 is 9.59 Å². The van der Waals surface area contributed by atoms with Crippen LogP contribution in [0.4, 0.5) is 22.1 Å². The lowest BCUT2D eigenvalue weighted by Crippen LogP contribution is -2.50. The van der Waals surface area contributed by atoms with Gasteiger partial charge in [0.2, 0.25) is 5.91 Å². The summed E-state index contributed by atoms with van der Waals surface area (Å²) in [4.78, 5) is 38.9. The Labute approximate surface area is 316 Å². The predicted octanol–water partition coefficient (Wildman–Crippen LogP) is 3.31. The predicted molar refractivity (Wildman–Crippen MR) is 200 cm³/mol. The number of aromatic nitrogens is 9. The van der Waals surface area contributed by atoms with Gasteiger partial charge in [-0.3, -0.25) is 19.9 Å². The Balaban J connectivity index is 0.836. The number of hydrogen-bond acceptors (Lipinski definition) is 14. The van der Waals surface area contributed by atoms with Crippen LogP contribution in [0, 0.1) is 28.6 Å². The molecule has 3 aliphatic rings. The van der Waals surface area contributed by atoms with Crippen molar-refractivity contribution in [2.75, 3.05) is 54.4 Å². The summed E-state index contributed by atoms with van der Waals surface area (Å²) in [6, 6.07) is 10.6. The molecule has 55 heavy (non-hydrogen) atoms. The molecule has 0 spiro atoms. The van der Waals surface area contributed by atoms with Crippen molar-refractivity contribution in [2.24, 2.45) is 5.92 Å². The third-order valence-electron chi connectivity index (χ3n) is 10.7. The molecule has 2 aliphatic heterocycles. The summed E-state index contributed by atoms with van der Waals surface area (Å²) in [5.74, 6) is 2.47. The number of nitrogens with one attached hydrogen (secondary N) is 2. The van der Waals surface area contributed by atoms with Crippen molar-refractivity contribution in [1.82, 2.24) is 55.2 Å². The van der Waals surface area contributed by atoms with Crippen LogP contribution in [0.15, 0.2) is 49.1 Å². The minimum atomic E-state index is -0.472. The average Bonchev–Trinajstić information content (AvgIpc) is 3.88. The summed E-state index contributed by atoms with van der Waals surface area (Å²) in [6.07, 6.45) is 12.6. The molecule has 1 saturated carbocycles. The molecule has 0 aromatic carbocycles. The van der Waals surface area contributed by atoms with Crippen LogP contribution in [0.3, 0.4) is 0 Å². The molecule has 2 N–H and O–H groups in total. The van der Waals surface area contributed by atoms with Crippen LogP contribution in [0.2, 0.25) is 0 Å². The molecule has 2 saturated heterocycles. The smallest absolute Gasteiger partial charge is 0.329 e. The first-order chi connectivity index (χ1) is 26.8. The Morgan fingerprint density at radius 2 is 1.73 bits per heavy atom. The molecule has 3 fully saturated rings. The largest absolute Gasteiger partial charge is 0.368 e. The number of imide groups is 1. The number of amides is 3. The lowest BCUT2D eigenvalue weighted by molar-refractivity contribution is -0.120. The number of anilines is 3. The quantitative estimate of drug-likeness (QED) is 0.210. The van der Waals surface area contributed by atoms with Crippen molar-refractivity contribution in [3.8, 4) is 23.6 Å². The minimum absolute atomic E-state index is 0.249. The highest BCUT2D eigenvalue weighted by atomic mass is 16.2. The van der Waals surface area contributed by atoms with Gasteiger partial charge in [0.05, 0.1) is 41.6 Å². The number of carbonyl (C=O) groups excluding carboxylic acids is 2. The van der Waals surface area contributed by atoms with Crippen LogP contribution < -0.4 is 20.4 Å². The molecule has 5 aromatic heterocycles. The van der Waals surface area contributed by atoms with Gasteiger partial charge in [0, 0.05) is 62.7 Å². The fourth-order valence-corrected chi connectivity index (χ4v) is 7.57. The van der Waals surface area contributed by atoms with Crippen molar-refractivity contribution in [1.29, 1.82) is 10.5 Å². The zero-order valence-corrected chi connectivity index (χ0v) is 30.4. The van der Waals surface area contributed by atoms with Gasteiger partial charge >= 0.3 is 6.03 Å². The maximum Gasteiger partial charge on any atom is 0.329 e. The molecule has 18 nitrogen and oxygen atoms in total. The molecule has 5 aromatic rings. The van der Waals surface area contributed by atoms with Crippen LogP contribution in [0.5, 0.6) is 0 Å². The van der Waals surface area contributed by atoms with E-state index in [1.165, 1.54) is 17.5 Å². The van der Waals surface area contributed by atoms with Gasteiger partial charge in [-0.2, -0.15) is 20.3 Å². The minimum Gasteiger partial charge on any atom is -0.368 e. The topological polar surface area (TPSA) is 216 Å². The second-order valence-corrected chi connectivity index (χ2v) is 14.3. The molecule has 0 bridgehead atoms. The molecule has 1 atom stereocenters. The summed E-state index contributed by atoms with van der Waals surface area (Å²) < 4.78 is 3.33. The normalized spacial score (nSPS) is 19.8. The van der Waals surface area contributed by atoms with Gasteiger partial charge in [0.25, 0.3) is 0 Å². The number of nitrogens with zero attached hydrogens (tertiary/aromatic N) is 14. The van der Waals surface area contributed by atoms with E-state index in [4.69, 9.17) is 0 Å². The second kappa shape index (κ2) is 15.4. The molecule has 8 rings (SSSR count). The first-order valence-corrected chi connectivity index (χ1v) is 18.6. The Bertz CT molecular complexity index is 2270. The maximum atomic E-state index is 12.1. The van der Waals surface area contributed by atoms with Gasteiger partial charge in [-0.15, -0.1) is 15.3 Å². The Hall–Kier alpha value is -6.53. The number of fused-ring (bicyclic) bond motifs is 1. The second-order valence-electron chi connectivity index (χ2n) is 14.3. The van der Waals surface area contributed by atoms with Gasteiger partial charge in [0.15, 0.2) is 23.1 Å². The highest BCUT2D eigenvalue weighted by molar-refractivity contribution is 6.05. The summed E-state index contributed by atoms with van der Waals surface area (Å²) in [5.41, 5.74) is 3.31. The van der Waals surface area contributed by atoms with Gasteiger partial charge in [-0.05, 0) is 69.7 Å². The molecule has 280 valence electrons. The van der Waals surface area contributed by atoms with Gasteiger partial charge in [-0.1, -0.05) is 5.21 Å². The number of piperazine rings is 1. The average molecular weight is 741 g/mol. The van der Waals surface area contributed by atoms with Crippen molar-refractivity contribution in [2.45, 2.75) is 57.4 Å². The Kier molecular flexibility index (Phi) is 9.97. The third kappa shape index (κ3) is 7.62. The van der Waals surface area contributed by atoms with Gasteiger partial charge in [0.1, 0.15) is 17.8 Å². The summed E-state index contributed by atoms with van der Waals surface area (Å²) in [7, 11) is 0. The monoisotopic (exact) mass is 740 g/mol. The molecule has 18 heteroatoms. The van der Waals surface area contributed by atoms with E-state index >= 15 is 0 Å². The van der Waals surface area contributed by atoms with Crippen LogP contribution in [-0.2, 0) is 4.79 Å². The number of carbonyl (C=O) groups is 2. The van der Waals surface area contributed by atoms with E-state index in [0.29, 0.717) is 52.6 Å². The standard InChI is InChI=1S/C37H40N16O2/c1-24(18-38)43-29-17-34(53-36-28(21-42-53)16-26(19-39)20-41-36)40-22-31(29)52-23-30(45-48-52)27-4-2-25(3-5-27)8-10-49-12-14-50(15-13-49)32-6-7-33(47-46-32)51-11-9-35(54)44-37(51)55/h6-7,16-17,20-25,27H,2-5,8-15H2,1H3,(H,40,43)(H,44,54,55)/t24-,25?,27?/m1/s1. The first-order valence-electron chi connectivity index (χ1n) is 18.6. The first kappa shape index (κ1) is 35.5. The number of urea groups is 1. The SMILES string of the molecule is C[C@H](C#N)Nc1cc(-n2ncc3cc(C#N)cnc32)ncc1-n1cc(C2CCC(CCN3CCN(c4ccc(N5CCC(=O)NC5=O)nn4)CC3)CC2)nn1. The van der Waals surface area contributed by atoms with Crippen LogP contribution in [0.1, 0.15) is 62.6 Å². The fraction of sp³-hybridized carbons (Fsp3) is 0.432. The Morgan fingerprint density at radius 3 is 2.47 bits per heavy atom. The molecular weight excluding hydrogens is 701 g/mol. The summed E-state index contributed by atoms with van der Waals surface area (Å²) in [5, 5.41) is 47.3. The molecule has 1 aliphatic carbocycles. The summed E-state index contributed by atoms with van der Waals surface area (Å²) >= 11 is 0. The number of pyridine rings is 2. The summed E-state index contributed by atoms with van der Waals surface area (Å²) in [6.45, 7) is 6.79. The van der Waals surface area contributed by atoms with Crippen molar-refractivity contribution >= 4 is 40.3 Å². The van der Waals surface area contributed by atoms with E-state index in [1.807, 2.05) is 18.3 Å². The molecule has 3 amide bonds. The zero-order chi connectivity index (χ0) is 37.9. The van der Waals surface area contributed by atoms with Crippen LogP contribution >= 0.6 is 0 Å². The zero-order valence-electron chi connectivity index (χ0n) is 30.4. The molecule has 7 heterocycles. The third-order valence-corrected chi connectivity index (χ3v) is 10.7.